The molecule has 0 aliphatic carbocycles. The third-order valence-corrected chi connectivity index (χ3v) is 4.78. The number of β-amino-alcohol motifs (C(OH)–C–C–N with tert-alkyl or cyclic N) is 1. The molecule has 1 aliphatic heterocycles. The molecule has 1 aliphatic rings. The zero-order valence-electron chi connectivity index (χ0n) is 12.8. The first-order valence-corrected chi connectivity index (χ1v) is 8.61. The quantitative estimate of drug-likeness (QED) is 0.887. The molecule has 0 bridgehead atoms. The van der Waals surface area contributed by atoms with Gasteiger partial charge in [0.1, 0.15) is 5.82 Å². The predicted molar refractivity (Wildman–Crippen MR) is 89.9 cm³/mol. The molecule has 6 heteroatoms. The van der Waals surface area contributed by atoms with Crippen molar-refractivity contribution in [2.45, 2.75) is 25.7 Å². The zero-order valence-corrected chi connectivity index (χ0v) is 13.6. The van der Waals surface area contributed by atoms with E-state index in [-0.39, 0.29) is 6.61 Å². The zero-order chi connectivity index (χ0) is 15.4. The first-order chi connectivity index (χ1) is 10.7. The van der Waals surface area contributed by atoms with E-state index >= 15 is 0 Å². The molecular formula is C16H22N4OS. The van der Waals surface area contributed by atoms with Crippen LogP contribution in [0.25, 0.3) is 0 Å². The van der Waals surface area contributed by atoms with Crippen LogP contribution in [0.1, 0.15) is 30.0 Å². The van der Waals surface area contributed by atoms with Crippen LogP contribution < -0.4 is 5.32 Å². The van der Waals surface area contributed by atoms with Gasteiger partial charge in [0, 0.05) is 30.6 Å². The molecule has 1 saturated heterocycles. The number of hydrogen-bond acceptors (Lipinski definition) is 6. The largest absolute Gasteiger partial charge is 0.395 e. The van der Waals surface area contributed by atoms with Gasteiger partial charge in [0.05, 0.1) is 12.3 Å². The van der Waals surface area contributed by atoms with Crippen LogP contribution in [0.5, 0.6) is 0 Å². The minimum atomic E-state index is 0.232. The van der Waals surface area contributed by atoms with Crippen LogP contribution in [-0.2, 0) is 0 Å². The average Bonchev–Trinajstić information content (AvgIpc) is 2.99. The average molecular weight is 318 g/mol. The summed E-state index contributed by atoms with van der Waals surface area (Å²) in [5.74, 6) is 1.30. The van der Waals surface area contributed by atoms with E-state index in [0.29, 0.717) is 5.92 Å². The minimum absolute atomic E-state index is 0.232. The summed E-state index contributed by atoms with van der Waals surface area (Å²) < 4.78 is 0. The second-order valence-electron chi connectivity index (χ2n) is 5.79. The van der Waals surface area contributed by atoms with Gasteiger partial charge in [-0.2, -0.15) is 0 Å². The van der Waals surface area contributed by atoms with Crippen molar-refractivity contribution in [1.29, 1.82) is 0 Å². The van der Waals surface area contributed by atoms with Crippen LogP contribution in [0.15, 0.2) is 23.7 Å². The molecule has 1 atom stereocenters. The van der Waals surface area contributed by atoms with Crippen molar-refractivity contribution in [3.63, 3.8) is 0 Å². The number of anilines is 2. The van der Waals surface area contributed by atoms with Crippen LogP contribution in [0.2, 0.25) is 0 Å². The molecule has 0 saturated carbocycles. The van der Waals surface area contributed by atoms with Gasteiger partial charge in [-0.1, -0.05) is 6.07 Å². The maximum atomic E-state index is 9.09. The fourth-order valence-electron chi connectivity index (χ4n) is 2.82. The number of piperidine rings is 1. The molecule has 0 radical (unpaired) electrons. The number of thiazole rings is 1. The van der Waals surface area contributed by atoms with E-state index in [0.717, 1.165) is 41.8 Å². The highest BCUT2D eigenvalue weighted by molar-refractivity contribution is 7.13. The summed E-state index contributed by atoms with van der Waals surface area (Å²) in [6, 6.07) is 4.01. The molecule has 118 valence electrons. The standard InChI is InChI=1S/C16H22N4OS/c1-12-4-5-15(17-9-12)19-16-18-14(11-22-16)13-3-2-6-20(10-13)7-8-21/h4-5,9,11,13,21H,2-3,6-8,10H2,1H3,(H,17,18,19)/t13-/m0/s1. The van der Waals surface area contributed by atoms with E-state index < -0.39 is 0 Å². The van der Waals surface area contributed by atoms with E-state index in [1.165, 1.54) is 12.8 Å². The highest BCUT2D eigenvalue weighted by atomic mass is 32.1. The first-order valence-electron chi connectivity index (χ1n) is 7.73. The van der Waals surface area contributed by atoms with E-state index in [1.54, 1.807) is 11.3 Å². The Morgan fingerprint density at radius 3 is 3.14 bits per heavy atom. The lowest BCUT2D eigenvalue weighted by molar-refractivity contribution is 0.160. The van der Waals surface area contributed by atoms with Crippen molar-refractivity contribution >= 4 is 22.3 Å². The minimum Gasteiger partial charge on any atom is -0.395 e. The molecule has 2 aromatic rings. The Hall–Kier alpha value is -1.50. The molecule has 3 rings (SSSR count). The van der Waals surface area contributed by atoms with E-state index in [4.69, 9.17) is 10.1 Å². The topological polar surface area (TPSA) is 61.3 Å². The second kappa shape index (κ2) is 7.17. The van der Waals surface area contributed by atoms with Crippen molar-refractivity contribution in [2.24, 2.45) is 0 Å². The third-order valence-electron chi connectivity index (χ3n) is 4.01. The Kier molecular flexibility index (Phi) is 5.02. The summed E-state index contributed by atoms with van der Waals surface area (Å²) in [4.78, 5) is 11.4. The number of nitrogens with one attached hydrogen (secondary N) is 1. The van der Waals surface area contributed by atoms with Gasteiger partial charge in [0.2, 0.25) is 0 Å². The summed E-state index contributed by atoms with van der Waals surface area (Å²) in [6.45, 7) is 5.10. The Labute approximate surface area is 135 Å². The van der Waals surface area contributed by atoms with Gasteiger partial charge in [0.15, 0.2) is 5.13 Å². The van der Waals surface area contributed by atoms with Crippen molar-refractivity contribution < 1.29 is 5.11 Å². The van der Waals surface area contributed by atoms with E-state index in [2.05, 4.69) is 20.6 Å². The monoisotopic (exact) mass is 318 g/mol. The fraction of sp³-hybridized carbons (Fsp3) is 0.500. The maximum absolute atomic E-state index is 9.09. The van der Waals surface area contributed by atoms with E-state index in [1.807, 2.05) is 25.3 Å². The highest BCUT2D eigenvalue weighted by Crippen LogP contribution is 2.30. The van der Waals surface area contributed by atoms with E-state index in [9.17, 15) is 0 Å². The van der Waals surface area contributed by atoms with Crippen LogP contribution in [-0.4, -0.2) is 46.2 Å². The Morgan fingerprint density at radius 2 is 2.36 bits per heavy atom. The number of rotatable bonds is 5. The van der Waals surface area contributed by atoms with Gasteiger partial charge >= 0.3 is 0 Å². The van der Waals surface area contributed by atoms with Crippen molar-refractivity contribution in [2.75, 3.05) is 31.6 Å². The lowest BCUT2D eigenvalue weighted by Crippen LogP contribution is -2.36. The molecule has 2 aromatic heterocycles. The van der Waals surface area contributed by atoms with Crippen molar-refractivity contribution in [1.82, 2.24) is 14.9 Å². The van der Waals surface area contributed by atoms with Gasteiger partial charge < -0.3 is 15.3 Å². The Morgan fingerprint density at radius 1 is 1.45 bits per heavy atom. The molecule has 0 amide bonds. The fourth-order valence-corrected chi connectivity index (χ4v) is 3.62. The lowest BCUT2D eigenvalue weighted by atomic mass is 9.95. The number of aromatic nitrogens is 2. The third kappa shape index (κ3) is 3.82. The number of aryl methyl sites for hydroxylation is 1. The van der Waals surface area contributed by atoms with Gasteiger partial charge in [-0.3, -0.25) is 0 Å². The van der Waals surface area contributed by atoms with Gasteiger partial charge in [-0.25, -0.2) is 9.97 Å². The second-order valence-corrected chi connectivity index (χ2v) is 6.64. The smallest absolute Gasteiger partial charge is 0.188 e. The molecule has 3 heterocycles. The number of aliphatic hydroxyl groups excluding tert-OH is 1. The molecule has 5 nitrogen and oxygen atoms in total. The van der Waals surface area contributed by atoms with Gasteiger partial charge in [0.25, 0.3) is 0 Å². The van der Waals surface area contributed by atoms with Crippen molar-refractivity contribution in [3.8, 4) is 0 Å². The molecule has 0 unspecified atom stereocenters. The van der Waals surface area contributed by atoms with Gasteiger partial charge in [-0.15, -0.1) is 11.3 Å². The SMILES string of the molecule is Cc1ccc(Nc2nc([C@H]3CCCN(CCO)C3)cs2)nc1. The number of aliphatic hydroxyl groups is 1. The normalized spacial score (nSPS) is 19.3. The summed E-state index contributed by atoms with van der Waals surface area (Å²) >= 11 is 1.63. The highest BCUT2D eigenvalue weighted by Gasteiger charge is 2.23. The molecule has 22 heavy (non-hydrogen) atoms. The van der Waals surface area contributed by atoms with Crippen molar-refractivity contribution in [3.05, 3.63) is 35.0 Å². The summed E-state index contributed by atoms with van der Waals surface area (Å²) in [7, 11) is 0. The Bertz CT molecular complexity index is 596. The van der Waals surface area contributed by atoms with Crippen LogP contribution >= 0.6 is 11.3 Å². The molecule has 0 spiro atoms. The molecule has 0 aromatic carbocycles. The summed E-state index contributed by atoms with van der Waals surface area (Å²) in [5, 5.41) is 15.4. The number of nitrogens with zero attached hydrogens (tertiary/aromatic N) is 3. The molecule has 1 fully saturated rings. The van der Waals surface area contributed by atoms with Crippen LogP contribution in [0, 0.1) is 6.92 Å². The molecular weight excluding hydrogens is 296 g/mol. The maximum Gasteiger partial charge on any atom is 0.188 e. The molecule has 2 N–H and O–H groups in total. The number of hydrogen-bond donors (Lipinski definition) is 2. The van der Waals surface area contributed by atoms with Gasteiger partial charge in [-0.05, 0) is 37.9 Å². The van der Waals surface area contributed by atoms with Crippen LogP contribution in [0.4, 0.5) is 10.9 Å². The summed E-state index contributed by atoms with van der Waals surface area (Å²) in [6.07, 6.45) is 4.20. The number of likely N-dealkylation sites (tertiary alicyclic amines) is 1. The summed E-state index contributed by atoms with van der Waals surface area (Å²) in [5.41, 5.74) is 2.30. The predicted octanol–water partition coefficient (Wildman–Crippen LogP) is 2.76. The Balaban J connectivity index is 1.64. The number of pyridine rings is 1. The first kappa shape index (κ1) is 15.4. The lowest BCUT2D eigenvalue weighted by Gasteiger charge is -2.31. The van der Waals surface area contributed by atoms with Crippen LogP contribution in [0.3, 0.4) is 0 Å².